The lowest BCUT2D eigenvalue weighted by molar-refractivity contribution is 0.0940. The molecule has 0 saturated carbocycles. The van der Waals surface area contributed by atoms with Gasteiger partial charge in [-0.1, -0.05) is 12.1 Å². The van der Waals surface area contributed by atoms with E-state index in [0.717, 1.165) is 11.1 Å². The molecule has 0 bridgehead atoms. The molecule has 0 aliphatic carbocycles. The van der Waals surface area contributed by atoms with Crippen molar-refractivity contribution in [2.75, 3.05) is 14.2 Å². The number of carbonyl (C=O) groups is 1. The molecule has 2 aromatic carbocycles. The largest absolute Gasteiger partial charge is 0.493 e. The zero-order chi connectivity index (χ0) is 19.4. The van der Waals surface area contributed by atoms with Crippen LogP contribution in [0.4, 0.5) is 4.39 Å². The normalized spacial score (nSPS) is 11.7. The zero-order valence-corrected chi connectivity index (χ0v) is 15.2. The molecule has 1 amide bonds. The molecular weight excluding hydrogens is 349 g/mol. The fourth-order valence-corrected chi connectivity index (χ4v) is 2.78. The number of aromatic amines is 1. The first-order valence-corrected chi connectivity index (χ1v) is 8.35. The third kappa shape index (κ3) is 3.92. The zero-order valence-electron chi connectivity index (χ0n) is 15.2. The first kappa shape index (κ1) is 18.4. The maximum absolute atomic E-state index is 13.1. The Morgan fingerprint density at radius 1 is 1.11 bits per heavy atom. The number of carbonyl (C=O) groups excluding carboxylic acids is 1. The minimum Gasteiger partial charge on any atom is -0.493 e. The molecule has 3 aromatic rings. The van der Waals surface area contributed by atoms with Crippen molar-refractivity contribution >= 4 is 5.91 Å². The number of methoxy groups -OCH3 is 2. The number of benzene rings is 2. The molecule has 0 unspecified atom stereocenters. The lowest BCUT2D eigenvalue weighted by Gasteiger charge is -2.15. The Labute approximate surface area is 156 Å². The Bertz CT molecular complexity index is 938. The van der Waals surface area contributed by atoms with Crippen molar-refractivity contribution in [3.63, 3.8) is 0 Å². The predicted octanol–water partition coefficient (Wildman–Crippen LogP) is 3.72. The number of rotatable bonds is 6. The van der Waals surface area contributed by atoms with Gasteiger partial charge in [-0.3, -0.25) is 9.89 Å². The van der Waals surface area contributed by atoms with Gasteiger partial charge in [0.15, 0.2) is 11.5 Å². The maximum atomic E-state index is 13.1. The Morgan fingerprint density at radius 2 is 1.81 bits per heavy atom. The smallest absolute Gasteiger partial charge is 0.255 e. The van der Waals surface area contributed by atoms with Gasteiger partial charge in [-0.05, 0) is 42.8 Å². The lowest BCUT2D eigenvalue weighted by atomic mass is 10.1. The van der Waals surface area contributed by atoms with E-state index in [1.54, 1.807) is 38.5 Å². The van der Waals surface area contributed by atoms with Crippen molar-refractivity contribution < 1.29 is 18.7 Å². The Kier molecular flexibility index (Phi) is 5.40. The van der Waals surface area contributed by atoms with Crippen LogP contribution in [0.5, 0.6) is 11.5 Å². The van der Waals surface area contributed by atoms with E-state index in [1.165, 1.54) is 18.3 Å². The summed E-state index contributed by atoms with van der Waals surface area (Å²) >= 11 is 0. The molecule has 6 nitrogen and oxygen atoms in total. The van der Waals surface area contributed by atoms with Crippen molar-refractivity contribution in [1.82, 2.24) is 15.5 Å². The second-order valence-corrected chi connectivity index (χ2v) is 5.98. The average molecular weight is 369 g/mol. The molecule has 0 radical (unpaired) electrons. The number of amides is 1. The second kappa shape index (κ2) is 7.90. The predicted molar refractivity (Wildman–Crippen MR) is 99.4 cm³/mol. The molecule has 0 spiro atoms. The quantitative estimate of drug-likeness (QED) is 0.694. The molecule has 1 heterocycles. The van der Waals surface area contributed by atoms with E-state index in [2.05, 4.69) is 15.5 Å². The van der Waals surface area contributed by atoms with Gasteiger partial charge in [0.2, 0.25) is 0 Å². The van der Waals surface area contributed by atoms with Gasteiger partial charge >= 0.3 is 0 Å². The van der Waals surface area contributed by atoms with Crippen molar-refractivity contribution in [2.24, 2.45) is 0 Å². The summed E-state index contributed by atoms with van der Waals surface area (Å²) in [5, 5.41) is 9.76. The van der Waals surface area contributed by atoms with Gasteiger partial charge in [0, 0.05) is 5.56 Å². The SMILES string of the molecule is COc1ccc(-c2[nH]ncc2C(=O)N[C@H](C)c2ccc(F)cc2)cc1OC. The fourth-order valence-electron chi connectivity index (χ4n) is 2.78. The van der Waals surface area contributed by atoms with Gasteiger partial charge in [0.1, 0.15) is 5.82 Å². The highest BCUT2D eigenvalue weighted by atomic mass is 19.1. The summed E-state index contributed by atoms with van der Waals surface area (Å²) in [6.07, 6.45) is 1.47. The summed E-state index contributed by atoms with van der Waals surface area (Å²) in [5.41, 5.74) is 2.52. The third-order valence-corrected chi connectivity index (χ3v) is 4.27. The van der Waals surface area contributed by atoms with Crippen LogP contribution in [0.2, 0.25) is 0 Å². The Morgan fingerprint density at radius 3 is 2.48 bits per heavy atom. The van der Waals surface area contributed by atoms with E-state index in [-0.39, 0.29) is 17.8 Å². The molecular formula is C20H20FN3O3. The van der Waals surface area contributed by atoms with Gasteiger partial charge in [0.25, 0.3) is 5.91 Å². The van der Waals surface area contributed by atoms with Crippen molar-refractivity contribution in [1.29, 1.82) is 0 Å². The van der Waals surface area contributed by atoms with Crippen LogP contribution in [-0.4, -0.2) is 30.3 Å². The Balaban J connectivity index is 1.84. The van der Waals surface area contributed by atoms with E-state index < -0.39 is 0 Å². The maximum Gasteiger partial charge on any atom is 0.255 e. The van der Waals surface area contributed by atoms with Crippen LogP contribution in [0.25, 0.3) is 11.3 Å². The molecule has 27 heavy (non-hydrogen) atoms. The van der Waals surface area contributed by atoms with E-state index in [9.17, 15) is 9.18 Å². The molecule has 0 aliphatic rings. The van der Waals surface area contributed by atoms with Gasteiger partial charge in [-0.2, -0.15) is 5.10 Å². The van der Waals surface area contributed by atoms with Crippen LogP contribution in [0.15, 0.2) is 48.7 Å². The number of hydrogen-bond donors (Lipinski definition) is 2. The van der Waals surface area contributed by atoms with Crippen LogP contribution in [0, 0.1) is 5.82 Å². The number of hydrogen-bond acceptors (Lipinski definition) is 4. The summed E-state index contributed by atoms with van der Waals surface area (Å²) in [7, 11) is 3.11. The van der Waals surface area contributed by atoms with E-state index >= 15 is 0 Å². The van der Waals surface area contributed by atoms with Crippen LogP contribution in [0.3, 0.4) is 0 Å². The number of nitrogens with one attached hydrogen (secondary N) is 2. The number of H-pyrrole nitrogens is 1. The van der Waals surface area contributed by atoms with E-state index in [1.807, 2.05) is 13.0 Å². The number of aromatic nitrogens is 2. The highest BCUT2D eigenvalue weighted by molar-refractivity contribution is 6.00. The Hall–Kier alpha value is -3.35. The number of nitrogens with zero attached hydrogens (tertiary/aromatic N) is 1. The minimum atomic E-state index is -0.317. The standard InChI is InChI=1S/C20H20FN3O3/c1-12(13-4-7-15(21)8-5-13)23-20(25)16-11-22-24-19(16)14-6-9-17(26-2)18(10-14)27-3/h4-12H,1-3H3,(H,22,24)(H,23,25)/t12-/m1/s1. The average Bonchev–Trinajstić information content (AvgIpc) is 3.17. The molecule has 1 aromatic heterocycles. The molecule has 0 saturated heterocycles. The van der Waals surface area contributed by atoms with Gasteiger partial charge in [0.05, 0.1) is 37.7 Å². The molecule has 3 rings (SSSR count). The molecule has 0 aliphatic heterocycles. The van der Waals surface area contributed by atoms with Crippen LogP contribution in [-0.2, 0) is 0 Å². The molecule has 1 atom stereocenters. The summed E-state index contributed by atoms with van der Waals surface area (Å²) in [5.74, 6) is 0.542. The second-order valence-electron chi connectivity index (χ2n) is 5.98. The molecule has 2 N–H and O–H groups in total. The molecule has 140 valence electrons. The van der Waals surface area contributed by atoms with E-state index in [4.69, 9.17) is 9.47 Å². The van der Waals surface area contributed by atoms with Crippen LogP contribution >= 0.6 is 0 Å². The lowest BCUT2D eigenvalue weighted by Crippen LogP contribution is -2.26. The highest BCUT2D eigenvalue weighted by Crippen LogP contribution is 2.32. The molecule has 0 fully saturated rings. The number of ether oxygens (including phenoxy) is 2. The summed E-state index contributed by atoms with van der Waals surface area (Å²) < 4.78 is 23.6. The fraction of sp³-hybridized carbons (Fsp3) is 0.200. The van der Waals surface area contributed by atoms with Crippen LogP contribution in [0.1, 0.15) is 28.9 Å². The van der Waals surface area contributed by atoms with Gasteiger partial charge < -0.3 is 14.8 Å². The third-order valence-electron chi connectivity index (χ3n) is 4.27. The monoisotopic (exact) mass is 369 g/mol. The van der Waals surface area contributed by atoms with Crippen molar-refractivity contribution in [2.45, 2.75) is 13.0 Å². The summed E-state index contributed by atoms with van der Waals surface area (Å²) in [6.45, 7) is 1.83. The van der Waals surface area contributed by atoms with E-state index in [0.29, 0.717) is 22.8 Å². The van der Waals surface area contributed by atoms with Crippen molar-refractivity contribution in [3.8, 4) is 22.8 Å². The van der Waals surface area contributed by atoms with Crippen LogP contribution < -0.4 is 14.8 Å². The first-order chi connectivity index (χ1) is 13.0. The summed E-state index contributed by atoms with van der Waals surface area (Å²) in [4.78, 5) is 12.7. The number of halogens is 1. The highest BCUT2D eigenvalue weighted by Gasteiger charge is 2.19. The van der Waals surface area contributed by atoms with Gasteiger partial charge in [-0.25, -0.2) is 4.39 Å². The van der Waals surface area contributed by atoms with Crippen molar-refractivity contribution in [3.05, 3.63) is 65.6 Å². The van der Waals surface area contributed by atoms with Gasteiger partial charge in [-0.15, -0.1) is 0 Å². The molecule has 7 heteroatoms. The first-order valence-electron chi connectivity index (χ1n) is 8.35. The summed E-state index contributed by atoms with van der Waals surface area (Å²) in [6, 6.07) is 11.1. The minimum absolute atomic E-state index is 0.286. The topological polar surface area (TPSA) is 76.2 Å².